The van der Waals surface area contributed by atoms with Crippen LogP contribution in [0.1, 0.15) is 57.9 Å². The molecule has 3 saturated heterocycles. The number of likely N-dealkylation sites (tertiary alicyclic amines) is 1. The number of hydrogen-bond acceptors (Lipinski definition) is 7. The van der Waals surface area contributed by atoms with Crippen LogP contribution in [0, 0.1) is 5.92 Å². The van der Waals surface area contributed by atoms with Gasteiger partial charge in [0.15, 0.2) is 0 Å². The Morgan fingerprint density at radius 2 is 1.76 bits per heavy atom. The average Bonchev–Trinajstić information content (AvgIpc) is 2.79. The number of carbonyl (C=O) groups excluding carboxylic acids is 3. The highest BCUT2D eigenvalue weighted by Gasteiger charge is 2.30. The van der Waals surface area contributed by atoms with Crippen LogP contribution in [0.4, 0.5) is 10.5 Å². The number of piperazine rings is 1. The zero-order valence-electron chi connectivity index (χ0n) is 20.6. The Labute approximate surface area is 201 Å². The van der Waals surface area contributed by atoms with Crippen molar-refractivity contribution >= 4 is 23.6 Å². The first-order valence-corrected chi connectivity index (χ1v) is 12.4. The summed E-state index contributed by atoms with van der Waals surface area (Å²) in [6.07, 6.45) is 6.33. The molecule has 4 heterocycles. The van der Waals surface area contributed by atoms with E-state index in [2.05, 4.69) is 26.2 Å². The van der Waals surface area contributed by atoms with E-state index in [9.17, 15) is 14.4 Å². The van der Waals surface area contributed by atoms with Gasteiger partial charge in [-0.2, -0.15) is 0 Å². The summed E-state index contributed by atoms with van der Waals surface area (Å²) >= 11 is 0. The third-order valence-corrected chi connectivity index (χ3v) is 6.91. The van der Waals surface area contributed by atoms with Crippen LogP contribution >= 0.6 is 0 Å². The second kappa shape index (κ2) is 10.3. The number of piperidine rings is 2. The number of aromatic nitrogens is 1. The third-order valence-electron chi connectivity index (χ3n) is 6.91. The molecule has 1 aromatic heterocycles. The van der Waals surface area contributed by atoms with Crippen LogP contribution in [0.3, 0.4) is 0 Å². The van der Waals surface area contributed by atoms with Gasteiger partial charge in [0.25, 0.3) is 0 Å². The van der Waals surface area contributed by atoms with Crippen LogP contribution in [-0.2, 0) is 14.3 Å². The highest BCUT2D eigenvalue weighted by atomic mass is 16.6. The molecule has 0 spiro atoms. The summed E-state index contributed by atoms with van der Waals surface area (Å²) in [6.45, 7) is 12.1. The molecule has 1 atom stereocenters. The monoisotopic (exact) mass is 471 g/mol. The lowest BCUT2D eigenvalue weighted by Crippen LogP contribution is -2.49. The standard InChI is InChI=1S/C25H37N5O4/c1-25(2,3)34-24(33)30-8-6-18(7-9-30)17-28-10-12-29(13-11-28)20-14-19(15-26-16-20)21-4-5-22(31)27-23(21)32/h14-16,18,21H,4-13,17H2,1-3H3,(H,27,31,32). The highest BCUT2D eigenvalue weighted by Crippen LogP contribution is 2.28. The van der Waals surface area contributed by atoms with Gasteiger partial charge in [0.05, 0.1) is 17.8 Å². The molecule has 1 N–H and O–H groups in total. The first-order chi connectivity index (χ1) is 16.2. The van der Waals surface area contributed by atoms with E-state index in [-0.39, 0.29) is 23.8 Å². The maximum atomic E-state index is 12.3. The largest absolute Gasteiger partial charge is 0.444 e. The SMILES string of the molecule is CC(C)(C)OC(=O)N1CCC(CN2CCN(c3cncc(C4CCC(=O)NC4=O)c3)CC2)CC1. The summed E-state index contributed by atoms with van der Waals surface area (Å²) in [5.74, 6) is -0.129. The molecule has 4 rings (SSSR count). The summed E-state index contributed by atoms with van der Waals surface area (Å²) in [7, 11) is 0. The normalized spacial score (nSPS) is 23.1. The van der Waals surface area contributed by atoms with E-state index >= 15 is 0 Å². The number of carbonyl (C=O) groups is 3. The molecule has 1 unspecified atom stereocenters. The van der Waals surface area contributed by atoms with Crippen molar-refractivity contribution in [2.45, 2.75) is 58.0 Å². The number of amides is 3. The molecule has 0 bridgehead atoms. The molecule has 186 valence electrons. The summed E-state index contributed by atoms with van der Waals surface area (Å²) in [5.41, 5.74) is 1.46. The van der Waals surface area contributed by atoms with Crippen molar-refractivity contribution < 1.29 is 19.1 Å². The maximum absolute atomic E-state index is 12.3. The number of ether oxygens (including phenoxy) is 1. The molecule has 0 aliphatic carbocycles. The summed E-state index contributed by atoms with van der Waals surface area (Å²) < 4.78 is 5.50. The molecule has 9 nitrogen and oxygen atoms in total. The Morgan fingerprint density at radius 1 is 1.06 bits per heavy atom. The van der Waals surface area contributed by atoms with Gasteiger partial charge in [0, 0.05) is 58.4 Å². The summed E-state index contributed by atoms with van der Waals surface area (Å²) in [4.78, 5) is 47.0. The number of anilines is 1. The van der Waals surface area contributed by atoms with Crippen LogP contribution in [0.25, 0.3) is 0 Å². The van der Waals surface area contributed by atoms with Crippen LogP contribution in [0.15, 0.2) is 18.5 Å². The molecule has 0 saturated carbocycles. The lowest BCUT2D eigenvalue weighted by Gasteiger charge is -2.39. The summed E-state index contributed by atoms with van der Waals surface area (Å²) in [5, 5.41) is 2.44. The number of hydrogen-bond donors (Lipinski definition) is 1. The minimum Gasteiger partial charge on any atom is -0.444 e. The van der Waals surface area contributed by atoms with Crippen LogP contribution in [-0.4, -0.2) is 84.1 Å². The van der Waals surface area contributed by atoms with E-state index in [1.54, 1.807) is 6.20 Å². The molecular weight excluding hydrogens is 434 g/mol. The summed E-state index contributed by atoms with van der Waals surface area (Å²) in [6, 6.07) is 2.05. The smallest absolute Gasteiger partial charge is 0.410 e. The zero-order valence-corrected chi connectivity index (χ0v) is 20.6. The van der Waals surface area contributed by atoms with Gasteiger partial charge < -0.3 is 14.5 Å². The quantitative estimate of drug-likeness (QED) is 0.674. The van der Waals surface area contributed by atoms with Crippen molar-refractivity contribution in [2.75, 3.05) is 50.7 Å². The minimum atomic E-state index is -0.454. The Kier molecular flexibility index (Phi) is 7.40. The van der Waals surface area contributed by atoms with E-state index in [1.165, 1.54) is 0 Å². The number of pyridine rings is 1. The molecule has 1 aromatic rings. The second-order valence-electron chi connectivity index (χ2n) is 10.7. The predicted octanol–water partition coefficient (Wildman–Crippen LogP) is 2.37. The van der Waals surface area contributed by atoms with Crippen LogP contribution in [0.5, 0.6) is 0 Å². The van der Waals surface area contributed by atoms with E-state index in [0.29, 0.717) is 18.8 Å². The van der Waals surface area contributed by atoms with E-state index in [4.69, 9.17) is 4.74 Å². The lowest BCUT2D eigenvalue weighted by atomic mass is 9.91. The van der Waals surface area contributed by atoms with Gasteiger partial charge in [-0.25, -0.2) is 4.79 Å². The van der Waals surface area contributed by atoms with Crippen molar-refractivity contribution in [3.8, 4) is 0 Å². The highest BCUT2D eigenvalue weighted by molar-refractivity contribution is 6.00. The number of rotatable bonds is 4. The maximum Gasteiger partial charge on any atom is 0.410 e. The Bertz CT molecular complexity index is 899. The fraction of sp³-hybridized carbons (Fsp3) is 0.680. The molecule has 0 aromatic carbocycles. The van der Waals surface area contributed by atoms with Gasteiger partial charge in [0.2, 0.25) is 11.8 Å². The van der Waals surface area contributed by atoms with Gasteiger partial charge in [-0.3, -0.25) is 24.8 Å². The lowest BCUT2D eigenvalue weighted by molar-refractivity contribution is -0.134. The Hall–Kier alpha value is -2.68. The van der Waals surface area contributed by atoms with Crippen molar-refractivity contribution in [2.24, 2.45) is 5.92 Å². The third kappa shape index (κ3) is 6.25. The first-order valence-electron chi connectivity index (χ1n) is 12.4. The Balaban J connectivity index is 1.23. The number of nitrogens with zero attached hydrogens (tertiary/aromatic N) is 4. The predicted molar refractivity (Wildman–Crippen MR) is 129 cm³/mol. The van der Waals surface area contributed by atoms with E-state index in [0.717, 1.165) is 69.9 Å². The fourth-order valence-electron chi connectivity index (χ4n) is 5.00. The van der Waals surface area contributed by atoms with Crippen molar-refractivity contribution in [1.29, 1.82) is 0 Å². The van der Waals surface area contributed by atoms with Crippen LogP contribution < -0.4 is 10.2 Å². The molecule has 3 amide bonds. The molecule has 34 heavy (non-hydrogen) atoms. The van der Waals surface area contributed by atoms with Gasteiger partial charge in [-0.1, -0.05) is 0 Å². The second-order valence-corrected chi connectivity index (χ2v) is 10.7. The van der Waals surface area contributed by atoms with Gasteiger partial charge >= 0.3 is 6.09 Å². The topological polar surface area (TPSA) is 95.1 Å². The minimum absolute atomic E-state index is 0.197. The van der Waals surface area contributed by atoms with Crippen molar-refractivity contribution in [3.63, 3.8) is 0 Å². The zero-order chi connectivity index (χ0) is 24.3. The molecular formula is C25H37N5O4. The van der Waals surface area contributed by atoms with Crippen molar-refractivity contribution in [1.82, 2.24) is 20.1 Å². The molecule has 0 radical (unpaired) electrons. The van der Waals surface area contributed by atoms with Gasteiger partial charge in [0.1, 0.15) is 5.60 Å². The molecule has 3 aliphatic rings. The number of imide groups is 1. The van der Waals surface area contributed by atoms with E-state index < -0.39 is 5.60 Å². The molecule has 3 fully saturated rings. The van der Waals surface area contributed by atoms with Crippen molar-refractivity contribution in [3.05, 3.63) is 24.0 Å². The molecule has 9 heteroatoms. The fourth-order valence-corrected chi connectivity index (χ4v) is 5.00. The first kappa shape index (κ1) is 24.4. The Morgan fingerprint density at radius 3 is 2.41 bits per heavy atom. The van der Waals surface area contributed by atoms with E-state index in [1.807, 2.05) is 31.9 Å². The van der Waals surface area contributed by atoms with Crippen LogP contribution in [0.2, 0.25) is 0 Å². The number of nitrogens with one attached hydrogen (secondary N) is 1. The average molecular weight is 472 g/mol. The van der Waals surface area contributed by atoms with Gasteiger partial charge in [-0.15, -0.1) is 0 Å². The molecule has 3 aliphatic heterocycles. The van der Waals surface area contributed by atoms with Gasteiger partial charge in [-0.05, 0) is 57.6 Å².